The van der Waals surface area contributed by atoms with E-state index in [4.69, 9.17) is 0 Å². The van der Waals surface area contributed by atoms with E-state index in [1.165, 1.54) is 0 Å². The summed E-state index contributed by atoms with van der Waals surface area (Å²) in [5.41, 5.74) is -5.67. The van der Waals surface area contributed by atoms with Crippen molar-refractivity contribution in [3.05, 3.63) is 12.7 Å². The van der Waals surface area contributed by atoms with Gasteiger partial charge in [-0.15, -0.1) is 6.58 Å². The van der Waals surface area contributed by atoms with E-state index in [0.717, 1.165) is 6.08 Å². The lowest BCUT2D eigenvalue weighted by atomic mass is 9.84. The van der Waals surface area contributed by atoms with Gasteiger partial charge in [0.1, 0.15) is 0 Å². The van der Waals surface area contributed by atoms with Gasteiger partial charge < -0.3 is 0 Å². The number of hydrogen-bond donors (Lipinski definition) is 0. The Balaban J connectivity index is 0. The van der Waals surface area contributed by atoms with E-state index in [1.54, 1.807) is 0 Å². The molecular weight excluding hydrogens is 470 g/mol. The molecule has 0 aliphatic rings. The summed E-state index contributed by atoms with van der Waals surface area (Å²) in [6, 6.07) is 0. The van der Waals surface area contributed by atoms with Crippen molar-refractivity contribution in [2.24, 2.45) is 11.8 Å². The number of alkyl halides is 14. The van der Waals surface area contributed by atoms with Crippen LogP contribution in [0.15, 0.2) is 12.7 Å². The first-order valence-electron chi connectivity index (χ1n) is 7.89. The van der Waals surface area contributed by atoms with Gasteiger partial charge in [0, 0.05) is 29.5 Å². The van der Waals surface area contributed by atoms with Crippen LogP contribution in [0.1, 0.15) is 32.1 Å². The Morgan fingerprint density at radius 2 is 1.13 bits per heavy atom. The molecule has 0 aromatic carbocycles. The molecule has 0 aliphatic heterocycles. The summed E-state index contributed by atoms with van der Waals surface area (Å²) in [5, 5.41) is 0. The molecule has 0 bridgehead atoms. The Labute approximate surface area is 178 Å². The van der Waals surface area contributed by atoms with Crippen molar-refractivity contribution < 1.29 is 61.5 Å². The maximum atomic E-state index is 13.8. The predicted octanol–water partition coefficient (Wildman–Crippen LogP) is 7.27. The van der Waals surface area contributed by atoms with Crippen LogP contribution in [0.4, 0.5) is 61.5 Å². The van der Waals surface area contributed by atoms with Gasteiger partial charge in [0.15, 0.2) is 0 Å². The SMILES string of the molecule is C=CCC(CCCC(C(F)C(F)(F)F)C(F)(F)F)CC(F)(C(F)(F)F)C(F)(F)F.[Mg]. The van der Waals surface area contributed by atoms with E-state index >= 15 is 0 Å². The average Bonchev–Trinajstić information content (AvgIpc) is 2.46. The number of rotatable bonds is 9. The summed E-state index contributed by atoms with van der Waals surface area (Å²) in [4.78, 5) is 0. The lowest BCUT2D eigenvalue weighted by molar-refractivity contribution is -0.346. The average molecular weight is 487 g/mol. The van der Waals surface area contributed by atoms with Crippen LogP contribution >= 0.6 is 0 Å². The van der Waals surface area contributed by atoms with Gasteiger partial charge in [0.05, 0.1) is 5.92 Å². The van der Waals surface area contributed by atoms with Crippen LogP contribution in [-0.4, -0.2) is 59.6 Å². The highest BCUT2D eigenvalue weighted by Crippen LogP contribution is 2.51. The van der Waals surface area contributed by atoms with E-state index in [2.05, 4.69) is 6.58 Å². The fourth-order valence-electron chi connectivity index (χ4n) is 2.66. The Morgan fingerprint density at radius 3 is 1.43 bits per heavy atom. The highest BCUT2D eigenvalue weighted by atomic mass is 24.3. The molecule has 0 nitrogen and oxygen atoms in total. The van der Waals surface area contributed by atoms with Crippen molar-refractivity contribution in [3.8, 4) is 0 Å². The number of hydrogen-bond acceptors (Lipinski definition) is 0. The first-order valence-corrected chi connectivity index (χ1v) is 7.89. The van der Waals surface area contributed by atoms with Gasteiger partial charge >= 0.3 is 24.7 Å². The second kappa shape index (κ2) is 10.9. The lowest BCUT2D eigenvalue weighted by Gasteiger charge is -2.33. The molecule has 3 atom stereocenters. The van der Waals surface area contributed by atoms with Crippen LogP contribution in [0.3, 0.4) is 0 Å². The molecule has 0 fully saturated rings. The van der Waals surface area contributed by atoms with Crippen LogP contribution in [0.25, 0.3) is 0 Å². The summed E-state index contributed by atoms with van der Waals surface area (Å²) >= 11 is 0. The van der Waals surface area contributed by atoms with Gasteiger partial charge in [-0.25, -0.2) is 8.78 Å². The molecule has 0 saturated heterocycles. The summed E-state index contributed by atoms with van der Waals surface area (Å²) in [6.07, 6.45) is -34.3. The Hall–Kier alpha value is -0.474. The molecule has 176 valence electrons. The minimum atomic E-state index is -6.39. The molecule has 0 rings (SSSR count). The monoisotopic (exact) mass is 486 g/mol. The largest absolute Gasteiger partial charge is 0.431 e. The van der Waals surface area contributed by atoms with Gasteiger partial charge in [-0.2, -0.15) is 52.7 Å². The van der Waals surface area contributed by atoms with Gasteiger partial charge in [-0.3, -0.25) is 0 Å². The third-order valence-corrected chi connectivity index (χ3v) is 4.18. The second-order valence-corrected chi connectivity index (χ2v) is 6.41. The highest BCUT2D eigenvalue weighted by molar-refractivity contribution is 5.75. The van der Waals surface area contributed by atoms with Gasteiger partial charge in [0.25, 0.3) is 5.67 Å². The van der Waals surface area contributed by atoms with Crippen molar-refractivity contribution in [2.75, 3.05) is 0 Å². The van der Waals surface area contributed by atoms with Gasteiger partial charge in [0.2, 0.25) is 6.17 Å². The number of halogens is 14. The Bertz CT molecular complexity index is 501. The van der Waals surface area contributed by atoms with Crippen LogP contribution in [-0.2, 0) is 0 Å². The van der Waals surface area contributed by atoms with E-state index in [-0.39, 0.29) is 23.1 Å². The minimum Gasteiger partial charge on any atom is -0.237 e. The smallest absolute Gasteiger partial charge is 0.237 e. The minimum absolute atomic E-state index is 0. The van der Waals surface area contributed by atoms with Crippen molar-refractivity contribution in [2.45, 2.75) is 68.6 Å². The van der Waals surface area contributed by atoms with Crippen molar-refractivity contribution in [1.29, 1.82) is 0 Å². The molecule has 15 heteroatoms. The molecule has 0 aromatic rings. The topological polar surface area (TPSA) is 0 Å². The van der Waals surface area contributed by atoms with Crippen LogP contribution < -0.4 is 0 Å². The molecular formula is C15H16F14Mg. The van der Waals surface area contributed by atoms with Crippen LogP contribution in [0, 0.1) is 11.8 Å². The first-order chi connectivity index (χ1) is 12.7. The third-order valence-electron chi connectivity index (χ3n) is 4.18. The van der Waals surface area contributed by atoms with Crippen LogP contribution in [0.5, 0.6) is 0 Å². The summed E-state index contributed by atoms with van der Waals surface area (Å²) in [5.74, 6) is -5.41. The molecule has 0 saturated carbocycles. The molecule has 3 unspecified atom stereocenters. The maximum Gasteiger partial charge on any atom is 0.431 e. The maximum absolute atomic E-state index is 13.8. The fourth-order valence-corrected chi connectivity index (χ4v) is 2.66. The first kappa shape index (κ1) is 31.7. The molecule has 30 heavy (non-hydrogen) atoms. The molecule has 0 aliphatic carbocycles. The van der Waals surface area contributed by atoms with Crippen molar-refractivity contribution >= 4 is 23.1 Å². The molecule has 0 aromatic heterocycles. The van der Waals surface area contributed by atoms with Gasteiger partial charge in [-0.05, 0) is 18.8 Å². The molecule has 0 N–H and O–H groups in total. The lowest BCUT2D eigenvalue weighted by Crippen LogP contribution is -2.54. The van der Waals surface area contributed by atoms with Crippen molar-refractivity contribution in [3.63, 3.8) is 0 Å². The fraction of sp³-hybridized carbons (Fsp3) is 0.867. The zero-order chi connectivity index (χ0) is 23.5. The van der Waals surface area contributed by atoms with E-state index in [0.29, 0.717) is 0 Å². The van der Waals surface area contributed by atoms with Gasteiger partial charge in [-0.1, -0.05) is 18.9 Å². The van der Waals surface area contributed by atoms with E-state index < -0.39 is 80.5 Å². The Morgan fingerprint density at radius 1 is 0.700 bits per heavy atom. The zero-order valence-electron chi connectivity index (χ0n) is 15.1. The zero-order valence-corrected chi connectivity index (χ0v) is 16.5. The molecule has 0 spiro atoms. The standard InChI is InChI=1S/C15H16F14.Mg/c1-2-4-8(7-11(17,14(24,25)26)15(27,28)29)5-3-6-9(12(18,19)20)10(16)13(21,22)23;/h2,8-10H,1,3-7H2;. The summed E-state index contributed by atoms with van der Waals surface area (Å²) in [7, 11) is 0. The number of allylic oxidation sites excluding steroid dienone is 1. The molecule has 2 radical (unpaired) electrons. The van der Waals surface area contributed by atoms with E-state index in [9.17, 15) is 61.5 Å². The molecule has 0 amide bonds. The molecule has 0 heterocycles. The second-order valence-electron chi connectivity index (χ2n) is 6.41. The summed E-state index contributed by atoms with van der Waals surface area (Å²) in [6.45, 7) is 3.02. The highest BCUT2D eigenvalue weighted by Gasteiger charge is 2.72. The predicted molar refractivity (Wildman–Crippen MR) is 79.0 cm³/mol. The Kier molecular flexibility index (Phi) is 11.5. The normalized spacial score (nSPS) is 17.1. The van der Waals surface area contributed by atoms with Crippen molar-refractivity contribution in [1.82, 2.24) is 0 Å². The van der Waals surface area contributed by atoms with Crippen LogP contribution in [0.2, 0.25) is 0 Å². The quantitative estimate of drug-likeness (QED) is 0.183. The summed E-state index contributed by atoms with van der Waals surface area (Å²) < 4.78 is 177. The van der Waals surface area contributed by atoms with E-state index in [1.807, 2.05) is 0 Å². The third kappa shape index (κ3) is 8.57.